The molecule has 0 aliphatic rings. The van der Waals surface area contributed by atoms with E-state index in [1.54, 1.807) is 6.20 Å². The number of rotatable bonds is 5. The van der Waals surface area contributed by atoms with Gasteiger partial charge in [0, 0.05) is 15.0 Å². The Hall–Kier alpha value is -2.06. The van der Waals surface area contributed by atoms with Gasteiger partial charge in [-0.2, -0.15) is 0 Å². The summed E-state index contributed by atoms with van der Waals surface area (Å²) in [4.78, 5) is 1.28. The van der Waals surface area contributed by atoms with Crippen molar-refractivity contribution in [2.24, 2.45) is 5.73 Å². The van der Waals surface area contributed by atoms with Gasteiger partial charge in [-0.05, 0) is 55.3 Å². The number of thiophene rings is 1. The Bertz CT molecular complexity index is 730. The van der Waals surface area contributed by atoms with Crippen molar-refractivity contribution in [1.29, 1.82) is 0 Å². The normalized spacial score (nSPS) is 11.5. The second-order valence-electron chi connectivity index (χ2n) is 4.84. The molecule has 0 saturated carbocycles. The highest BCUT2D eigenvalue weighted by Crippen LogP contribution is 2.37. The SMILES string of the molecule is C=Cc1c(/C=C\C)sc2c(C/C=C\C=C/N)c(C)ccc12.CC. The summed E-state index contributed by atoms with van der Waals surface area (Å²) in [6, 6.07) is 4.40. The Balaban J connectivity index is 0.00000127. The number of hydrogen-bond donors (Lipinski definition) is 1. The van der Waals surface area contributed by atoms with E-state index >= 15 is 0 Å². The third-order valence-corrected chi connectivity index (χ3v) is 4.71. The van der Waals surface area contributed by atoms with Crippen LogP contribution in [0.3, 0.4) is 0 Å². The van der Waals surface area contributed by atoms with Crippen LogP contribution >= 0.6 is 11.3 Å². The summed E-state index contributed by atoms with van der Waals surface area (Å²) in [7, 11) is 0. The van der Waals surface area contributed by atoms with E-state index < -0.39 is 0 Å². The molecule has 1 heterocycles. The zero-order chi connectivity index (χ0) is 17.2. The highest BCUT2D eigenvalue weighted by molar-refractivity contribution is 7.20. The highest BCUT2D eigenvalue weighted by Gasteiger charge is 2.12. The molecule has 0 fully saturated rings. The van der Waals surface area contributed by atoms with Crippen molar-refractivity contribution in [3.8, 4) is 0 Å². The quantitative estimate of drug-likeness (QED) is 0.625. The minimum Gasteiger partial charge on any atom is -0.405 e. The number of fused-ring (bicyclic) bond motifs is 1. The van der Waals surface area contributed by atoms with E-state index in [2.05, 4.69) is 43.9 Å². The predicted octanol–water partition coefficient (Wildman–Crippen LogP) is 6.48. The van der Waals surface area contributed by atoms with Crippen LogP contribution in [-0.2, 0) is 6.42 Å². The lowest BCUT2D eigenvalue weighted by Crippen LogP contribution is -1.87. The standard InChI is InChI=1S/C19H21NS.C2H6/c1-4-9-18-15(5-2)17-12-11-14(3)16(19(17)21-18)10-7-6-8-13-20;1-2/h4-9,11-13H,2,10,20H2,1,3H3;1-2H3/b7-6-,9-4-,13-8-;. The Morgan fingerprint density at radius 3 is 2.57 bits per heavy atom. The number of hydrogen-bond acceptors (Lipinski definition) is 2. The third-order valence-electron chi connectivity index (χ3n) is 3.46. The van der Waals surface area contributed by atoms with Crippen molar-refractivity contribution in [1.82, 2.24) is 0 Å². The molecule has 2 aromatic rings. The first-order valence-corrected chi connectivity index (χ1v) is 8.88. The first kappa shape index (κ1) is 19.0. The lowest BCUT2D eigenvalue weighted by atomic mass is 10.0. The molecule has 0 unspecified atom stereocenters. The molecule has 122 valence electrons. The number of benzene rings is 1. The fraction of sp³-hybridized carbons (Fsp3) is 0.238. The summed E-state index contributed by atoms with van der Waals surface area (Å²) < 4.78 is 1.36. The van der Waals surface area contributed by atoms with Crippen molar-refractivity contribution >= 4 is 33.6 Å². The fourth-order valence-electron chi connectivity index (χ4n) is 2.42. The molecular weight excluding hydrogens is 298 g/mol. The van der Waals surface area contributed by atoms with E-state index in [9.17, 15) is 0 Å². The van der Waals surface area contributed by atoms with Gasteiger partial charge in [0.2, 0.25) is 0 Å². The van der Waals surface area contributed by atoms with E-state index in [0.717, 1.165) is 6.42 Å². The van der Waals surface area contributed by atoms with Gasteiger partial charge in [0.25, 0.3) is 0 Å². The summed E-state index contributed by atoms with van der Waals surface area (Å²) in [6.07, 6.45) is 14.7. The average molecular weight is 326 g/mol. The van der Waals surface area contributed by atoms with Crippen molar-refractivity contribution < 1.29 is 0 Å². The van der Waals surface area contributed by atoms with E-state index in [1.807, 2.05) is 50.3 Å². The topological polar surface area (TPSA) is 26.0 Å². The molecule has 0 radical (unpaired) electrons. The maximum absolute atomic E-state index is 5.35. The Morgan fingerprint density at radius 2 is 1.96 bits per heavy atom. The molecule has 0 aliphatic heterocycles. The maximum Gasteiger partial charge on any atom is 0.0393 e. The molecule has 2 rings (SSSR count). The molecule has 2 heteroatoms. The van der Waals surface area contributed by atoms with E-state index in [-0.39, 0.29) is 0 Å². The molecule has 0 spiro atoms. The second kappa shape index (κ2) is 9.86. The first-order valence-electron chi connectivity index (χ1n) is 8.06. The van der Waals surface area contributed by atoms with Gasteiger partial charge in [-0.15, -0.1) is 11.3 Å². The molecule has 0 bridgehead atoms. The Morgan fingerprint density at radius 1 is 1.22 bits per heavy atom. The van der Waals surface area contributed by atoms with Crippen LogP contribution in [0.5, 0.6) is 0 Å². The molecular formula is C21H27NS. The summed E-state index contributed by atoms with van der Waals surface area (Å²) in [5, 5.41) is 1.30. The van der Waals surface area contributed by atoms with Crippen LogP contribution in [0.25, 0.3) is 22.2 Å². The zero-order valence-corrected chi connectivity index (χ0v) is 15.4. The molecule has 0 amide bonds. The van der Waals surface area contributed by atoms with E-state index in [4.69, 9.17) is 5.73 Å². The molecule has 0 aliphatic carbocycles. The third kappa shape index (κ3) is 4.46. The molecule has 2 N–H and O–H groups in total. The van der Waals surface area contributed by atoms with Gasteiger partial charge in [0.05, 0.1) is 0 Å². The highest BCUT2D eigenvalue weighted by atomic mass is 32.1. The lowest BCUT2D eigenvalue weighted by Gasteiger charge is -2.05. The van der Waals surface area contributed by atoms with Crippen LogP contribution in [0.2, 0.25) is 0 Å². The predicted molar refractivity (Wildman–Crippen MR) is 109 cm³/mol. The van der Waals surface area contributed by atoms with E-state index in [1.165, 1.54) is 31.7 Å². The average Bonchev–Trinajstić information content (AvgIpc) is 2.93. The Kier molecular flexibility index (Phi) is 8.14. The van der Waals surface area contributed by atoms with Crippen LogP contribution in [-0.4, -0.2) is 0 Å². The first-order chi connectivity index (χ1) is 11.2. The fourth-order valence-corrected chi connectivity index (χ4v) is 3.80. The van der Waals surface area contributed by atoms with Crippen molar-refractivity contribution in [3.05, 3.63) is 70.8 Å². The van der Waals surface area contributed by atoms with Crippen LogP contribution in [0, 0.1) is 6.92 Å². The van der Waals surface area contributed by atoms with Gasteiger partial charge >= 0.3 is 0 Å². The molecule has 1 aromatic heterocycles. The summed E-state index contributed by atoms with van der Waals surface area (Å²) >= 11 is 1.84. The van der Waals surface area contributed by atoms with Gasteiger partial charge in [0.15, 0.2) is 0 Å². The van der Waals surface area contributed by atoms with E-state index in [0.29, 0.717) is 0 Å². The number of aryl methyl sites for hydroxylation is 1. The Labute approximate surface area is 144 Å². The molecule has 1 aromatic carbocycles. The second-order valence-corrected chi connectivity index (χ2v) is 5.89. The van der Waals surface area contributed by atoms with Gasteiger partial charge in [-0.25, -0.2) is 0 Å². The maximum atomic E-state index is 5.35. The van der Waals surface area contributed by atoms with Gasteiger partial charge < -0.3 is 5.73 Å². The minimum absolute atomic E-state index is 0.917. The van der Waals surface area contributed by atoms with Crippen molar-refractivity contribution in [2.45, 2.75) is 34.1 Å². The van der Waals surface area contributed by atoms with Crippen LogP contribution in [0.4, 0.5) is 0 Å². The van der Waals surface area contributed by atoms with Crippen LogP contribution in [0.1, 0.15) is 42.3 Å². The molecule has 23 heavy (non-hydrogen) atoms. The van der Waals surface area contributed by atoms with Crippen molar-refractivity contribution in [3.63, 3.8) is 0 Å². The molecule has 0 atom stereocenters. The minimum atomic E-state index is 0.917. The largest absolute Gasteiger partial charge is 0.405 e. The summed E-state index contributed by atoms with van der Waals surface area (Å²) in [5.74, 6) is 0. The lowest BCUT2D eigenvalue weighted by molar-refractivity contribution is 1.25. The molecule has 1 nitrogen and oxygen atoms in total. The van der Waals surface area contributed by atoms with Crippen molar-refractivity contribution in [2.75, 3.05) is 0 Å². The summed E-state index contributed by atoms with van der Waals surface area (Å²) in [6.45, 7) is 12.2. The number of nitrogens with two attached hydrogens (primary N) is 1. The van der Waals surface area contributed by atoms with Gasteiger partial charge in [-0.3, -0.25) is 0 Å². The van der Waals surface area contributed by atoms with Crippen LogP contribution in [0.15, 0.2) is 49.2 Å². The van der Waals surface area contributed by atoms with Gasteiger partial charge in [-0.1, -0.05) is 56.9 Å². The van der Waals surface area contributed by atoms with Gasteiger partial charge in [0.1, 0.15) is 0 Å². The smallest absolute Gasteiger partial charge is 0.0393 e. The summed E-state index contributed by atoms with van der Waals surface area (Å²) in [5.41, 5.74) is 9.30. The number of allylic oxidation sites excluding steroid dienone is 4. The molecule has 0 saturated heterocycles. The monoisotopic (exact) mass is 325 g/mol. The van der Waals surface area contributed by atoms with Crippen LogP contribution < -0.4 is 5.73 Å². The zero-order valence-electron chi connectivity index (χ0n) is 14.6.